The molecule has 10 heteroatoms. The summed E-state index contributed by atoms with van der Waals surface area (Å²) in [7, 11) is 0. The summed E-state index contributed by atoms with van der Waals surface area (Å²) in [6.07, 6.45) is 6.18. The molecule has 1 aliphatic heterocycles. The van der Waals surface area contributed by atoms with E-state index in [9.17, 15) is 19.8 Å². The van der Waals surface area contributed by atoms with Crippen LogP contribution in [0, 0.1) is 12.8 Å². The lowest BCUT2D eigenvalue weighted by Crippen LogP contribution is -2.38. The molecule has 0 atom stereocenters. The Morgan fingerprint density at radius 3 is 2.38 bits per heavy atom. The van der Waals surface area contributed by atoms with Gasteiger partial charge in [0.05, 0.1) is 22.6 Å². The third kappa shape index (κ3) is 6.80. The summed E-state index contributed by atoms with van der Waals surface area (Å²) < 4.78 is 0. The highest BCUT2D eigenvalue weighted by Crippen LogP contribution is 2.29. The number of benzene rings is 3. The number of aryl methyl sites for hydroxylation is 1. The average molecular weight is 601 g/mol. The van der Waals surface area contributed by atoms with E-state index in [1.54, 1.807) is 18.2 Å². The van der Waals surface area contributed by atoms with E-state index in [4.69, 9.17) is 0 Å². The zero-order chi connectivity index (χ0) is 31.3. The predicted molar refractivity (Wildman–Crippen MR) is 171 cm³/mol. The number of hydrogen-bond donors (Lipinski definition) is 3. The number of H-pyrrole nitrogens is 1. The first-order chi connectivity index (χ1) is 21.8. The van der Waals surface area contributed by atoms with Crippen molar-refractivity contribution in [2.24, 2.45) is 16.1 Å². The Kier molecular flexibility index (Phi) is 8.45. The van der Waals surface area contributed by atoms with E-state index in [1.807, 2.05) is 66.6 Å². The maximum Gasteiger partial charge on any atom is 0.339 e. The van der Waals surface area contributed by atoms with E-state index in [1.165, 1.54) is 18.2 Å². The van der Waals surface area contributed by atoms with E-state index >= 15 is 0 Å². The lowest BCUT2D eigenvalue weighted by atomic mass is 9.91. The zero-order valence-electron chi connectivity index (χ0n) is 24.7. The Morgan fingerprint density at radius 2 is 1.64 bits per heavy atom. The Bertz CT molecular complexity index is 1910. The molecule has 0 unspecified atom stereocenters. The van der Waals surface area contributed by atoms with Crippen LogP contribution < -0.4 is 0 Å². The molecule has 0 aliphatic carbocycles. The molecule has 5 aromatic rings. The highest BCUT2D eigenvalue weighted by Gasteiger charge is 2.24. The van der Waals surface area contributed by atoms with Crippen molar-refractivity contribution in [1.29, 1.82) is 0 Å². The highest BCUT2D eigenvalue weighted by molar-refractivity contribution is 5.99. The number of phenols is 1. The minimum atomic E-state index is -1.25. The number of aromatic hydroxyl groups is 1. The van der Waals surface area contributed by atoms with Gasteiger partial charge in [-0.25, -0.2) is 9.78 Å². The number of aromatic nitrogens is 3. The van der Waals surface area contributed by atoms with Gasteiger partial charge in [0.1, 0.15) is 22.7 Å². The molecule has 2 aromatic heterocycles. The first-order valence-corrected chi connectivity index (χ1v) is 14.8. The summed E-state index contributed by atoms with van der Waals surface area (Å²) in [5.41, 5.74) is 6.15. The van der Waals surface area contributed by atoms with Gasteiger partial charge in [-0.05, 0) is 85.2 Å². The summed E-state index contributed by atoms with van der Waals surface area (Å²) in [6.45, 7) is 3.31. The number of piperidine rings is 1. The zero-order valence-corrected chi connectivity index (χ0v) is 24.7. The van der Waals surface area contributed by atoms with Gasteiger partial charge in [-0.3, -0.25) is 9.78 Å². The molecule has 0 radical (unpaired) electrons. The van der Waals surface area contributed by atoms with Crippen molar-refractivity contribution in [3.63, 3.8) is 0 Å². The summed E-state index contributed by atoms with van der Waals surface area (Å²) >= 11 is 0. The van der Waals surface area contributed by atoms with Crippen molar-refractivity contribution in [2.45, 2.75) is 26.2 Å². The molecular formula is C35H32N6O4. The number of nitrogens with zero attached hydrogens (tertiary/aromatic N) is 5. The third-order valence-electron chi connectivity index (χ3n) is 8.03. The van der Waals surface area contributed by atoms with E-state index in [2.05, 4.69) is 25.2 Å². The van der Waals surface area contributed by atoms with Crippen LogP contribution in [0.4, 0.5) is 11.4 Å². The SMILES string of the molecule is Cc1nc2c(CC3CCN(C(=O)C=C(c4ccccc4)c4ccc(N=Nc5ccc(O)c(C(=O)O)c5)cc4)CC3)nccc2[nH]1. The number of rotatable bonds is 8. The number of pyridine rings is 1. The molecular weight excluding hydrogens is 568 g/mol. The molecule has 3 heterocycles. The van der Waals surface area contributed by atoms with Gasteiger partial charge in [0.2, 0.25) is 5.91 Å². The number of likely N-dealkylation sites (tertiary alicyclic amines) is 1. The molecule has 1 aliphatic rings. The number of imidazole rings is 1. The monoisotopic (exact) mass is 600 g/mol. The number of nitrogens with one attached hydrogen (secondary N) is 1. The Balaban J connectivity index is 1.15. The fourth-order valence-electron chi connectivity index (χ4n) is 5.64. The number of aromatic amines is 1. The Labute approximate surface area is 259 Å². The van der Waals surface area contributed by atoms with Gasteiger partial charge in [0, 0.05) is 25.4 Å². The van der Waals surface area contributed by atoms with Crippen LogP contribution in [-0.2, 0) is 11.2 Å². The number of hydrogen-bond acceptors (Lipinski definition) is 7. The second-order valence-corrected chi connectivity index (χ2v) is 11.1. The lowest BCUT2D eigenvalue weighted by Gasteiger charge is -2.31. The van der Waals surface area contributed by atoms with Crippen molar-refractivity contribution in [3.05, 3.63) is 119 Å². The van der Waals surface area contributed by atoms with Crippen LogP contribution in [0.5, 0.6) is 5.75 Å². The summed E-state index contributed by atoms with van der Waals surface area (Å²) in [4.78, 5) is 39.3. The number of azo groups is 1. The molecule has 1 saturated heterocycles. The maximum absolute atomic E-state index is 13.6. The normalized spacial score (nSPS) is 14.3. The quantitative estimate of drug-likeness (QED) is 0.129. The van der Waals surface area contributed by atoms with Crippen molar-refractivity contribution in [2.75, 3.05) is 13.1 Å². The van der Waals surface area contributed by atoms with Gasteiger partial charge in [-0.1, -0.05) is 42.5 Å². The minimum absolute atomic E-state index is 0.0271. The summed E-state index contributed by atoms with van der Waals surface area (Å²) in [6, 6.07) is 23.1. The molecule has 1 fully saturated rings. The van der Waals surface area contributed by atoms with Crippen LogP contribution in [0.3, 0.4) is 0 Å². The molecule has 0 saturated carbocycles. The topological polar surface area (TPSA) is 144 Å². The fourth-order valence-corrected chi connectivity index (χ4v) is 5.64. The number of carboxylic acid groups (broad SMARTS) is 1. The molecule has 3 aromatic carbocycles. The lowest BCUT2D eigenvalue weighted by molar-refractivity contribution is -0.127. The molecule has 10 nitrogen and oxygen atoms in total. The number of aromatic carboxylic acids is 1. The molecule has 45 heavy (non-hydrogen) atoms. The average Bonchev–Trinajstić information content (AvgIpc) is 3.45. The second kappa shape index (κ2) is 12.9. The predicted octanol–water partition coefficient (Wildman–Crippen LogP) is 7.00. The van der Waals surface area contributed by atoms with Gasteiger partial charge in [0.25, 0.3) is 0 Å². The number of fused-ring (bicyclic) bond motifs is 1. The Morgan fingerprint density at radius 1 is 0.956 bits per heavy atom. The molecule has 0 bridgehead atoms. The van der Waals surface area contributed by atoms with Crippen LogP contribution in [0.25, 0.3) is 16.6 Å². The van der Waals surface area contributed by atoms with Gasteiger partial charge < -0.3 is 20.1 Å². The minimum Gasteiger partial charge on any atom is -0.507 e. The molecule has 226 valence electrons. The van der Waals surface area contributed by atoms with Gasteiger partial charge in [-0.15, -0.1) is 0 Å². The second-order valence-electron chi connectivity index (χ2n) is 11.1. The number of amides is 1. The van der Waals surface area contributed by atoms with Crippen LogP contribution >= 0.6 is 0 Å². The fraction of sp³-hybridized carbons (Fsp3) is 0.200. The number of carbonyl (C=O) groups excluding carboxylic acids is 1. The van der Waals surface area contributed by atoms with Gasteiger partial charge in [-0.2, -0.15) is 10.2 Å². The van der Waals surface area contributed by atoms with Crippen LogP contribution in [0.15, 0.2) is 101 Å². The molecule has 1 amide bonds. The first kappa shape index (κ1) is 29.4. The highest BCUT2D eigenvalue weighted by atomic mass is 16.4. The number of carbonyl (C=O) groups is 2. The molecule has 6 rings (SSSR count). The standard InChI is InChI=1S/C35H32N6O4/c1-22-37-30-13-16-36-31(34(30)38-22)19-23-14-17-41(18-15-23)33(43)21-28(24-5-3-2-4-6-24)25-7-9-26(10-8-25)39-40-27-11-12-32(42)29(20-27)35(44)45/h2-13,16,20-21,23,42H,14-15,17-19H2,1H3,(H,37,38)(H,44,45). The van der Waals surface area contributed by atoms with E-state index in [0.29, 0.717) is 30.4 Å². The maximum atomic E-state index is 13.6. The third-order valence-corrected chi connectivity index (χ3v) is 8.03. The molecule has 0 spiro atoms. The summed E-state index contributed by atoms with van der Waals surface area (Å²) in [5.74, 6) is -0.296. The Hall–Kier alpha value is -5.64. The molecule has 3 N–H and O–H groups in total. The first-order valence-electron chi connectivity index (χ1n) is 14.8. The summed E-state index contributed by atoms with van der Waals surface area (Å²) in [5, 5.41) is 27.3. The van der Waals surface area contributed by atoms with Crippen LogP contribution in [0.2, 0.25) is 0 Å². The largest absolute Gasteiger partial charge is 0.507 e. The smallest absolute Gasteiger partial charge is 0.339 e. The van der Waals surface area contributed by atoms with Crippen molar-refractivity contribution in [3.8, 4) is 5.75 Å². The van der Waals surface area contributed by atoms with Gasteiger partial charge >= 0.3 is 5.97 Å². The van der Waals surface area contributed by atoms with Crippen LogP contribution in [0.1, 0.15) is 45.8 Å². The van der Waals surface area contributed by atoms with Crippen LogP contribution in [-0.4, -0.2) is 55.0 Å². The van der Waals surface area contributed by atoms with E-state index in [-0.39, 0.29) is 17.2 Å². The van der Waals surface area contributed by atoms with E-state index in [0.717, 1.165) is 58.5 Å². The number of carboxylic acids is 1. The van der Waals surface area contributed by atoms with Crippen molar-refractivity contribution >= 4 is 39.9 Å². The van der Waals surface area contributed by atoms with Gasteiger partial charge in [0.15, 0.2) is 0 Å². The van der Waals surface area contributed by atoms with Crippen molar-refractivity contribution < 1.29 is 19.8 Å². The van der Waals surface area contributed by atoms with Crippen molar-refractivity contribution in [1.82, 2.24) is 19.9 Å². The van der Waals surface area contributed by atoms with E-state index < -0.39 is 5.97 Å².